The number of benzene rings is 1. The van der Waals surface area contributed by atoms with Gasteiger partial charge in [-0.1, -0.05) is 0 Å². The monoisotopic (exact) mass is 265 g/mol. The third-order valence-corrected chi connectivity index (χ3v) is 3.18. The van der Waals surface area contributed by atoms with Crippen LogP contribution in [0.3, 0.4) is 0 Å². The lowest BCUT2D eigenvalue weighted by Gasteiger charge is -2.08. The van der Waals surface area contributed by atoms with Gasteiger partial charge in [-0.05, 0) is 40.6 Å². The minimum atomic E-state index is -0.478. The Morgan fingerprint density at radius 1 is 1.44 bits per heavy atom. The Bertz CT molecular complexity index is 540. The summed E-state index contributed by atoms with van der Waals surface area (Å²) in [5.74, 6) is -0.869. The molecule has 2 rings (SSSR count). The summed E-state index contributed by atoms with van der Waals surface area (Å²) in [6.07, 6.45) is 0. The van der Waals surface area contributed by atoms with E-state index in [0.29, 0.717) is 17.8 Å². The average molecular weight is 265 g/mol. The predicted octanol–water partition coefficient (Wildman–Crippen LogP) is 3.29. The quantitative estimate of drug-likeness (QED) is 0.862. The van der Waals surface area contributed by atoms with E-state index in [9.17, 15) is 9.18 Å². The molecule has 94 valence electrons. The van der Waals surface area contributed by atoms with Crippen molar-refractivity contribution in [3.05, 3.63) is 52.0 Å². The van der Waals surface area contributed by atoms with Crippen LogP contribution in [0.4, 0.5) is 10.1 Å². The van der Waals surface area contributed by atoms with Gasteiger partial charge in [0.05, 0.1) is 18.4 Å². The van der Waals surface area contributed by atoms with Crippen LogP contribution in [0.1, 0.15) is 15.9 Å². The number of hydrogen-bond acceptors (Lipinski definition) is 4. The molecule has 18 heavy (non-hydrogen) atoms. The zero-order valence-electron chi connectivity index (χ0n) is 9.77. The van der Waals surface area contributed by atoms with Gasteiger partial charge in [0.1, 0.15) is 5.82 Å². The molecule has 0 fully saturated rings. The molecule has 0 radical (unpaired) electrons. The Hall–Kier alpha value is -1.88. The van der Waals surface area contributed by atoms with E-state index in [4.69, 9.17) is 0 Å². The largest absolute Gasteiger partial charge is 0.465 e. The number of carbonyl (C=O) groups is 1. The van der Waals surface area contributed by atoms with Gasteiger partial charge in [0.15, 0.2) is 0 Å². The molecule has 0 bridgehead atoms. The summed E-state index contributed by atoms with van der Waals surface area (Å²) < 4.78 is 18.1. The first-order valence-corrected chi connectivity index (χ1v) is 6.28. The molecule has 1 N–H and O–H groups in total. The van der Waals surface area contributed by atoms with Gasteiger partial charge < -0.3 is 10.1 Å². The van der Waals surface area contributed by atoms with Crippen LogP contribution in [-0.2, 0) is 11.3 Å². The van der Waals surface area contributed by atoms with Crippen LogP contribution >= 0.6 is 11.3 Å². The molecule has 1 aromatic heterocycles. The maximum atomic E-state index is 13.6. The first kappa shape index (κ1) is 12.6. The van der Waals surface area contributed by atoms with Gasteiger partial charge in [-0.3, -0.25) is 0 Å². The fourth-order valence-corrected chi connectivity index (χ4v) is 2.16. The number of anilines is 1. The fraction of sp³-hybridized carbons (Fsp3) is 0.154. The molecule has 5 heteroatoms. The van der Waals surface area contributed by atoms with Crippen molar-refractivity contribution in [1.82, 2.24) is 0 Å². The van der Waals surface area contributed by atoms with Crippen LogP contribution < -0.4 is 5.32 Å². The van der Waals surface area contributed by atoms with Crippen LogP contribution in [-0.4, -0.2) is 13.1 Å². The zero-order valence-corrected chi connectivity index (χ0v) is 10.6. The first-order valence-electron chi connectivity index (χ1n) is 5.33. The molecule has 2 aromatic rings. The lowest BCUT2D eigenvalue weighted by molar-refractivity contribution is 0.0601. The summed E-state index contributed by atoms with van der Waals surface area (Å²) in [7, 11) is 1.30. The van der Waals surface area contributed by atoms with Gasteiger partial charge in [-0.25, -0.2) is 9.18 Å². The lowest BCUT2D eigenvalue weighted by Crippen LogP contribution is -2.05. The molecule has 0 saturated heterocycles. The molecule has 0 aliphatic rings. The average Bonchev–Trinajstić information content (AvgIpc) is 2.90. The van der Waals surface area contributed by atoms with E-state index in [-0.39, 0.29) is 0 Å². The Morgan fingerprint density at radius 2 is 2.28 bits per heavy atom. The van der Waals surface area contributed by atoms with Crippen molar-refractivity contribution < 1.29 is 13.9 Å². The van der Waals surface area contributed by atoms with Gasteiger partial charge in [0.25, 0.3) is 0 Å². The molecule has 0 aliphatic carbocycles. The van der Waals surface area contributed by atoms with Gasteiger partial charge >= 0.3 is 5.97 Å². The molecular formula is C13H12FNO2S. The standard InChI is InChI=1S/C13H12FNO2S/c1-17-13(16)10-2-3-11(14)12(6-10)15-7-9-4-5-18-8-9/h2-6,8,15H,7H2,1H3. The third kappa shape index (κ3) is 2.87. The second-order valence-electron chi connectivity index (χ2n) is 3.67. The highest BCUT2D eigenvalue weighted by atomic mass is 32.1. The molecule has 1 aromatic carbocycles. The summed E-state index contributed by atoms with van der Waals surface area (Å²) in [5, 5.41) is 6.90. The van der Waals surface area contributed by atoms with E-state index in [2.05, 4.69) is 10.1 Å². The number of ether oxygens (including phenoxy) is 1. The highest BCUT2D eigenvalue weighted by Gasteiger charge is 2.09. The number of methoxy groups -OCH3 is 1. The van der Waals surface area contributed by atoms with Crippen LogP contribution in [0.25, 0.3) is 0 Å². The van der Waals surface area contributed by atoms with E-state index in [1.807, 2.05) is 16.8 Å². The maximum Gasteiger partial charge on any atom is 0.337 e. The minimum Gasteiger partial charge on any atom is -0.465 e. The van der Waals surface area contributed by atoms with Gasteiger partial charge in [-0.2, -0.15) is 11.3 Å². The predicted molar refractivity (Wildman–Crippen MR) is 69.4 cm³/mol. The van der Waals surface area contributed by atoms with E-state index in [1.54, 1.807) is 11.3 Å². The summed E-state index contributed by atoms with van der Waals surface area (Å²) in [5.41, 5.74) is 1.69. The van der Waals surface area contributed by atoms with Gasteiger partial charge in [0, 0.05) is 6.54 Å². The van der Waals surface area contributed by atoms with Crippen LogP contribution in [0.2, 0.25) is 0 Å². The second-order valence-corrected chi connectivity index (χ2v) is 4.45. The molecule has 3 nitrogen and oxygen atoms in total. The first-order chi connectivity index (χ1) is 8.70. The van der Waals surface area contributed by atoms with E-state index in [1.165, 1.54) is 25.3 Å². The number of halogens is 1. The van der Waals surface area contributed by atoms with Crippen molar-refractivity contribution in [2.75, 3.05) is 12.4 Å². The van der Waals surface area contributed by atoms with Gasteiger partial charge in [-0.15, -0.1) is 0 Å². The maximum absolute atomic E-state index is 13.6. The normalized spacial score (nSPS) is 10.1. The lowest BCUT2D eigenvalue weighted by atomic mass is 10.2. The SMILES string of the molecule is COC(=O)c1ccc(F)c(NCc2ccsc2)c1. The Kier molecular flexibility index (Phi) is 3.94. The number of hydrogen-bond donors (Lipinski definition) is 1. The fourth-order valence-electron chi connectivity index (χ4n) is 1.50. The Morgan fingerprint density at radius 3 is 2.94 bits per heavy atom. The molecule has 0 spiro atoms. The molecule has 0 unspecified atom stereocenters. The number of rotatable bonds is 4. The summed E-state index contributed by atoms with van der Waals surface area (Å²) in [4.78, 5) is 11.3. The third-order valence-electron chi connectivity index (χ3n) is 2.45. The Labute approximate surface area is 108 Å². The smallest absolute Gasteiger partial charge is 0.337 e. The van der Waals surface area contributed by atoms with Crippen LogP contribution in [0.5, 0.6) is 0 Å². The molecule has 0 saturated carbocycles. The van der Waals surface area contributed by atoms with Crippen molar-refractivity contribution in [2.24, 2.45) is 0 Å². The van der Waals surface area contributed by atoms with Crippen LogP contribution in [0.15, 0.2) is 35.0 Å². The van der Waals surface area contributed by atoms with Crippen LogP contribution in [0, 0.1) is 5.82 Å². The highest BCUT2D eigenvalue weighted by Crippen LogP contribution is 2.18. The highest BCUT2D eigenvalue weighted by molar-refractivity contribution is 7.07. The van der Waals surface area contributed by atoms with Crippen molar-refractivity contribution in [3.63, 3.8) is 0 Å². The molecule has 0 amide bonds. The van der Waals surface area contributed by atoms with E-state index in [0.717, 1.165) is 5.56 Å². The number of thiophene rings is 1. The number of carbonyl (C=O) groups excluding carboxylic acids is 1. The van der Waals surface area contributed by atoms with E-state index < -0.39 is 11.8 Å². The summed E-state index contributed by atoms with van der Waals surface area (Å²) >= 11 is 1.58. The second kappa shape index (κ2) is 5.64. The topological polar surface area (TPSA) is 38.3 Å². The molecular weight excluding hydrogens is 253 g/mol. The Balaban J connectivity index is 2.13. The molecule has 0 atom stereocenters. The summed E-state index contributed by atoms with van der Waals surface area (Å²) in [6, 6.07) is 6.06. The molecule has 0 aliphatic heterocycles. The van der Waals surface area contributed by atoms with Crippen molar-refractivity contribution >= 4 is 23.0 Å². The minimum absolute atomic E-state index is 0.295. The zero-order chi connectivity index (χ0) is 13.0. The van der Waals surface area contributed by atoms with Crippen molar-refractivity contribution in [2.45, 2.75) is 6.54 Å². The summed E-state index contributed by atoms with van der Waals surface area (Å²) in [6.45, 7) is 0.519. The number of nitrogens with one attached hydrogen (secondary N) is 1. The van der Waals surface area contributed by atoms with Gasteiger partial charge in [0.2, 0.25) is 0 Å². The van der Waals surface area contributed by atoms with Crippen molar-refractivity contribution in [3.8, 4) is 0 Å². The number of esters is 1. The van der Waals surface area contributed by atoms with E-state index >= 15 is 0 Å². The molecule has 1 heterocycles. The van der Waals surface area contributed by atoms with Crippen molar-refractivity contribution in [1.29, 1.82) is 0 Å².